The van der Waals surface area contributed by atoms with Crippen LogP contribution in [-0.4, -0.2) is 23.2 Å². The fraction of sp³-hybridized carbons (Fsp3) is 0.400. The molecule has 60 valence electrons. The van der Waals surface area contributed by atoms with E-state index in [1.807, 2.05) is 0 Å². The third-order valence-corrected chi connectivity index (χ3v) is 1.30. The van der Waals surface area contributed by atoms with Crippen molar-refractivity contribution >= 4 is 29.8 Å². The van der Waals surface area contributed by atoms with Gasteiger partial charge in [-0.15, -0.1) is 0 Å². The van der Waals surface area contributed by atoms with E-state index in [-0.39, 0.29) is 6.42 Å². The number of hydrogen-bond donors (Lipinski definition) is 2. The van der Waals surface area contributed by atoms with Gasteiger partial charge in [0.15, 0.2) is 0 Å². The Hall–Kier alpha value is -1.04. The molecule has 0 bridgehead atoms. The summed E-state index contributed by atoms with van der Waals surface area (Å²) in [5.41, 5.74) is 0. The van der Waals surface area contributed by atoms with Crippen LogP contribution in [0.15, 0.2) is 0 Å². The van der Waals surface area contributed by atoms with E-state index in [4.69, 9.17) is 0 Å². The maximum atomic E-state index is 10.6. The largest absolute Gasteiger partial charge is 0.392 e. The third kappa shape index (κ3) is 1.94. The average molecular weight is 175 g/mol. The van der Waals surface area contributed by atoms with Gasteiger partial charge in [-0.25, -0.2) is 4.79 Å². The molecule has 1 N–H and O–H groups in total. The van der Waals surface area contributed by atoms with Crippen molar-refractivity contribution in [1.29, 1.82) is 0 Å². The molecule has 1 saturated heterocycles. The molecule has 1 fully saturated rings. The van der Waals surface area contributed by atoms with Crippen molar-refractivity contribution in [1.82, 2.24) is 5.32 Å². The van der Waals surface area contributed by atoms with Crippen molar-refractivity contribution in [3.05, 3.63) is 0 Å². The fourth-order valence-corrected chi connectivity index (χ4v) is 0.890. The minimum atomic E-state index is -0.854. The first-order valence-electron chi connectivity index (χ1n) is 2.83. The van der Waals surface area contributed by atoms with Gasteiger partial charge in [-0.2, -0.15) is 0 Å². The molecule has 1 heterocycles. The van der Waals surface area contributed by atoms with Crippen LogP contribution in [-0.2, 0) is 14.3 Å². The van der Waals surface area contributed by atoms with Gasteiger partial charge in [-0.05, 0) is 0 Å². The first kappa shape index (κ1) is 8.06. The Morgan fingerprint density at radius 1 is 1.64 bits per heavy atom. The van der Waals surface area contributed by atoms with Gasteiger partial charge < -0.3 is 10.1 Å². The standard InChI is InChI=1S/C5H5NO4S/c7-3-1-2(4(8)10-3)6-5(9)11/h2H,1H2,(H2,6,9,11). The highest BCUT2D eigenvalue weighted by molar-refractivity contribution is 7.96. The predicted molar refractivity (Wildman–Crippen MR) is 37.0 cm³/mol. The molecule has 0 spiro atoms. The van der Waals surface area contributed by atoms with Crippen LogP contribution in [0.4, 0.5) is 4.79 Å². The van der Waals surface area contributed by atoms with E-state index in [1.165, 1.54) is 0 Å². The second kappa shape index (κ2) is 2.91. The lowest BCUT2D eigenvalue weighted by Gasteiger charge is -2.02. The van der Waals surface area contributed by atoms with Crippen LogP contribution in [0.5, 0.6) is 0 Å². The van der Waals surface area contributed by atoms with Gasteiger partial charge in [0.2, 0.25) is 0 Å². The molecular weight excluding hydrogens is 170 g/mol. The van der Waals surface area contributed by atoms with Crippen LogP contribution in [0.2, 0.25) is 0 Å². The summed E-state index contributed by atoms with van der Waals surface area (Å²) in [5, 5.41) is 1.50. The zero-order valence-electron chi connectivity index (χ0n) is 5.36. The molecule has 0 radical (unpaired) electrons. The van der Waals surface area contributed by atoms with Gasteiger partial charge >= 0.3 is 11.9 Å². The molecule has 0 aromatic rings. The number of cyclic esters (lactones) is 2. The summed E-state index contributed by atoms with van der Waals surface area (Å²) in [6, 6.07) is -0.854. The van der Waals surface area contributed by atoms with Crippen molar-refractivity contribution < 1.29 is 19.1 Å². The minimum Gasteiger partial charge on any atom is -0.392 e. The summed E-state index contributed by atoms with van der Waals surface area (Å²) in [6.07, 6.45) is -0.106. The first-order valence-corrected chi connectivity index (χ1v) is 3.28. The molecule has 0 saturated carbocycles. The molecule has 1 atom stereocenters. The third-order valence-electron chi connectivity index (χ3n) is 1.17. The minimum absolute atomic E-state index is 0.106. The van der Waals surface area contributed by atoms with Crippen molar-refractivity contribution in [2.24, 2.45) is 0 Å². The van der Waals surface area contributed by atoms with Gasteiger partial charge in [0, 0.05) is 0 Å². The molecule has 0 aromatic heterocycles. The molecule has 1 amide bonds. The number of ether oxygens (including phenoxy) is 1. The Labute approximate surface area is 67.5 Å². The fourth-order valence-electron chi connectivity index (χ4n) is 0.734. The number of amides is 1. The number of carbonyl (C=O) groups is 3. The Bertz CT molecular complexity index is 227. The van der Waals surface area contributed by atoms with Crippen molar-refractivity contribution in [3.8, 4) is 0 Å². The summed E-state index contributed by atoms with van der Waals surface area (Å²) in [6.45, 7) is 0. The van der Waals surface area contributed by atoms with Crippen LogP contribution >= 0.6 is 12.6 Å². The first-order chi connectivity index (χ1) is 5.09. The highest BCUT2D eigenvalue weighted by atomic mass is 32.1. The molecule has 0 aliphatic carbocycles. The summed E-state index contributed by atoms with van der Waals surface area (Å²) in [7, 11) is 0. The molecule has 1 aliphatic heterocycles. The Balaban J connectivity index is 2.53. The lowest BCUT2D eigenvalue weighted by atomic mass is 10.2. The Kier molecular flexibility index (Phi) is 2.13. The van der Waals surface area contributed by atoms with Crippen molar-refractivity contribution in [3.63, 3.8) is 0 Å². The normalized spacial score (nSPS) is 23.2. The maximum Gasteiger partial charge on any atom is 0.336 e. The van der Waals surface area contributed by atoms with Gasteiger partial charge in [-0.3, -0.25) is 9.59 Å². The van der Waals surface area contributed by atoms with Crippen molar-refractivity contribution in [2.45, 2.75) is 12.5 Å². The summed E-state index contributed by atoms with van der Waals surface area (Å²) in [4.78, 5) is 31.3. The van der Waals surface area contributed by atoms with E-state index in [1.54, 1.807) is 0 Å². The quantitative estimate of drug-likeness (QED) is 0.319. The van der Waals surface area contributed by atoms with Crippen LogP contribution in [0, 0.1) is 0 Å². The molecule has 1 aliphatic rings. The number of carbonyl (C=O) groups excluding carboxylic acids is 3. The van der Waals surface area contributed by atoms with E-state index in [0.29, 0.717) is 0 Å². The SMILES string of the molecule is O=C(S)NC1CC(=O)OC1=O. The molecular formula is C5H5NO4S. The number of hydrogen-bond acceptors (Lipinski definition) is 4. The van der Waals surface area contributed by atoms with Crippen LogP contribution in [0.1, 0.15) is 6.42 Å². The number of rotatable bonds is 1. The lowest BCUT2D eigenvalue weighted by Crippen LogP contribution is -2.34. The molecule has 5 nitrogen and oxygen atoms in total. The topological polar surface area (TPSA) is 72.5 Å². The second-order valence-corrected chi connectivity index (χ2v) is 2.41. The zero-order valence-corrected chi connectivity index (χ0v) is 6.26. The summed E-state index contributed by atoms with van der Waals surface area (Å²) < 4.78 is 4.15. The van der Waals surface area contributed by atoms with Crippen molar-refractivity contribution in [2.75, 3.05) is 0 Å². The van der Waals surface area contributed by atoms with E-state index >= 15 is 0 Å². The molecule has 1 rings (SSSR count). The van der Waals surface area contributed by atoms with Crippen LogP contribution < -0.4 is 5.32 Å². The smallest absolute Gasteiger partial charge is 0.336 e. The monoisotopic (exact) mass is 175 g/mol. The van der Waals surface area contributed by atoms with E-state index in [9.17, 15) is 14.4 Å². The Morgan fingerprint density at radius 3 is 2.64 bits per heavy atom. The van der Waals surface area contributed by atoms with Gasteiger partial charge in [0.1, 0.15) is 6.04 Å². The average Bonchev–Trinajstić information content (AvgIpc) is 2.09. The summed E-state index contributed by atoms with van der Waals surface area (Å²) >= 11 is 3.37. The maximum absolute atomic E-state index is 10.6. The highest BCUT2D eigenvalue weighted by Crippen LogP contribution is 2.07. The highest BCUT2D eigenvalue weighted by Gasteiger charge is 2.33. The zero-order chi connectivity index (χ0) is 8.43. The van der Waals surface area contributed by atoms with E-state index in [2.05, 4.69) is 22.7 Å². The lowest BCUT2D eigenvalue weighted by molar-refractivity contribution is -0.152. The van der Waals surface area contributed by atoms with Gasteiger partial charge in [0.05, 0.1) is 6.42 Å². The van der Waals surface area contributed by atoms with E-state index in [0.717, 1.165) is 0 Å². The molecule has 1 unspecified atom stereocenters. The number of esters is 2. The number of thiol groups is 1. The summed E-state index contributed by atoms with van der Waals surface area (Å²) in [5.74, 6) is -1.35. The Morgan fingerprint density at radius 2 is 2.27 bits per heavy atom. The van der Waals surface area contributed by atoms with E-state index < -0.39 is 23.2 Å². The predicted octanol–water partition coefficient (Wildman–Crippen LogP) is -0.532. The van der Waals surface area contributed by atoms with Crippen LogP contribution in [0.25, 0.3) is 0 Å². The molecule has 11 heavy (non-hydrogen) atoms. The second-order valence-electron chi connectivity index (χ2n) is 2.00. The van der Waals surface area contributed by atoms with Gasteiger partial charge in [-0.1, -0.05) is 12.6 Å². The van der Waals surface area contributed by atoms with Crippen LogP contribution in [0.3, 0.4) is 0 Å². The number of nitrogens with one attached hydrogen (secondary N) is 1. The molecule has 6 heteroatoms. The molecule has 0 aromatic carbocycles. The van der Waals surface area contributed by atoms with Gasteiger partial charge in [0.25, 0.3) is 5.24 Å².